The third kappa shape index (κ3) is 3.92. The van der Waals surface area contributed by atoms with Gasteiger partial charge in [0, 0.05) is 16.8 Å². The lowest BCUT2D eigenvalue weighted by atomic mass is 10.1. The van der Waals surface area contributed by atoms with Crippen LogP contribution in [0.2, 0.25) is 0 Å². The number of nitrogens with two attached hydrogens (primary N) is 1. The highest BCUT2D eigenvalue weighted by molar-refractivity contribution is 7.92. The third-order valence-electron chi connectivity index (χ3n) is 3.78. The molecule has 0 radical (unpaired) electrons. The van der Waals surface area contributed by atoms with Crippen LogP contribution in [0.25, 0.3) is 0 Å². The Bertz CT molecular complexity index is 854. The van der Waals surface area contributed by atoms with E-state index in [0.29, 0.717) is 16.7 Å². The van der Waals surface area contributed by atoms with Gasteiger partial charge in [0.15, 0.2) is 15.8 Å². The van der Waals surface area contributed by atoms with Crippen molar-refractivity contribution in [1.82, 2.24) is 0 Å². The summed E-state index contributed by atoms with van der Waals surface area (Å²) >= 11 is 1.23. The number of thiophene rings is 1. The molecule has 7 heteroatoms. The fraction of sp³-hybridized carbons (Fsp3) is 0.312. The number of nitrogens with one attached hydrogen (secondary N) is 1. The van der Waals surface area contributed by atoms with E-state index >= 15 is 0 Å². The molecule has 0 saturated carbocycles. The number of rotatable bonds is 4. The van der Waals surface area contributed by atoms with Gasteiger partial charge in [-0.2, -0.15) is 0 Å². The number of fused-ring (bicyclic) bond motifs is 1. The quantitative estimate of drug-likeness (QED) is 0.656. The number of anilines is 1. The van der Waals surface area contributed by atoms with Crippen LogP contribution in [0.5, 0.6) is 0 Å². The first-order valence-corrected chi connectivity index (χ1v) is 10.1. The van der Waals surface area contributed by atoms with Crippen molar-refractivity contribution < 1.29 is 8.42 Å². The monoisotopic (exact) mass is 349 g/mol. The number of hydrogen-bond donors (Lipinski definition) is 2. The highest BCUT2D eigenvalue weighted by Crippen LogP contribution is 2.25. The smallest absolute Gasteiger partial charge is 0.193 e. The van der Waals surface area contributed by atoms with Gasteiger partial charge in [-0.3, -0.25) is 0 Å². The summed E-state index contributed by atoms with van der Waals surface area (Å²) in [6.07, 6.45) is 4.69. The first-order chi connectivity index (χ1) is 10.9. The van der Waals surface area contributed by atoms with Crippen molar-refractivity contribution in [2.75, 3.05) is 11.6 Å². The fourth-order valence-electron chi connectivity index (χ4n) is 2.64. The molecule has 0 unspecified atom stereocenters. The van der Waals surface area contributed by atoms with Crippen LogP contribution < -0.4 is 11.1 Å². The molecule has 0 atom stereocenters. The Balaban J connectivity index is 1.65. The van der Waals surface area contributed by atoms with Crippen LogP contribution in [0, 0.1) is 0 Å². The molecule has 0 bridgehead atoms. The summed E-state index contributed by atoms with van der Waals surface area (Å²) in [6.45, 7) is 0.365. The second-order valence-electron chi connectivity index (χ2n) is 5.66. The minimum atomic E-state index is -3.15. The molecule has 122 valence electrons. The Labute approximate surface area is 140 Å². The lowest BCUT2D eigenvalue weighted by Crippen LogP contribution is -2.22. The van der Waals surface area contributed by atoms with E-state index in [2.05, 4.69) is 22.4 Å². The summed E-state index contributed by atoms with van der Waals surface area (Å²) in [5.41, 5.74) is 9.65. The van der Waals surface area contributed by atoms with E-state index < -0.39 is 9.84 Å². The molecule has 0 fully saturated rings. The van der Waals surface area contributed by atoms with Gasteiger partial charge in [0.05, 0.1) is 6.54 Å². The second-order valence-corrected chi connectivity index (χ2v) is 9.07. The SMILES string of the molecule is CS(=O)(=O)c1ccc(CN=C(N)Nc2ccc3c(c2)CCC3)s1. The molecule has 0 spiro atoms. The van der Waals surface area contributed by atoms with Crippen molar-refractivity contribution in [3.05, 3.63) is 46.3 Å². The molecule has 0 saturated heterocycles. The summed E-state index contributed by atoms with van der Waals surface area (Å²) in [5, 5.41) is 3.09. The predicted molar refractivity (Wildman–Crippen MR) is 94.8 cm³/mol. The maximum absolute atomic E-state index is 11.5. The number of guanidine groups is 1. The average molecular weight is 349 g/mol. The molecule has 1 heterocycles. The number of hydrogen-bond acceptors (Lipinski definition) is 4. The van der Waals surface area contributed by atoms with Gasteiger partial charge in [-0.1, -0.05) is 6.07 Å². The number of nitrogens with zero attached hydrogens (tertiary/aromatic N) is 1. The van der Waals surface area contributed by atoms with Gasteiger partial charge < -0.3 is 11.1 Å². The Hall–Kier alpha value is -1.86. The number of benzene rings is 1. The highest BCUT2D eigenvalue weighted by Gasteiger charge is 2.12. The van der Waals surface area contributed by atoms with Crippen molar-refractivity contribution in [1.29, 1.82) is 0 Å². The number of aliphatic imine (C=N–C) groups is 1. The van der Waals surface area contributed by atoms with Gasteiger partial charge in [-0.05, 0) is 54.7 Å². The third-order valence-corrected chi connectivity index (χ3v) is 6.67. The Morgan fingerprint density at radius 1 is 1.26 bits per heavy atom. The summed E-state index contributed by atoms with van der Waals surface area (Å²) < 4.78 is 23.3. The predicted octanol–water partition coefficient (Wildman–Crippen LogP) is 2.57. The molecule has 2 aromatic rings. The number of aryl methyl sites for hydroxylation is 2. The van der Waals surface area contributed by atoms with Crippen LogP contribution in [0.1, 0.15) is 22.4 Å². The van der Waals surface area contributed by atoms with Gasteiger partial charge in [-0.25, -0.2) is 13.4 Å². The molecule has 23 heavy (non-hydrogen) atoms. The van der Waals surface area contributed by atoms with Gasteiger partial charge >= 0.3 is 0 Å². The summed E-state index contributed by atoms with van der Waals surface area (Å²) in [5.74, 6) is 0.331. The molecule has 1 aliphatic carbocycles. The normalized spacial score (nSPS) is 14.7. The maximum Gasteiger partial charge on any atom is 0.193 e. The number of sulfone groups is 1. The van der Waals surface area contributed by atoms with Crippen LogP contribution in [0.4, 0.5) is 5.69 Å². The zero-order valence-electron chi connectivity index (χ0n) is 12.9. The molecule has 1 aromatic carbocycles. The standard InChI is InChI=1S/C16H19N3O2S2/c1-23(20,21)15-8-7-14(22-15)10-18-16(17)19-13-6-5-11-3-2-4-12(11)9-13/h5-9H,2-4,10H2,1H3,(H3,17,18,19). The lowest BCUT2D eigenvalue weighted by Gasteiger charge is -2.07. The minimum absolute atomic E-state index is 0.331. The molecule has 3 rings (SSSR count). The molecular weight excluding hydrogens is 330 g/mol. The molecule has 1 aromatic heterocycles. The fourth-order valence-corrected chi connectivity index (χ4v) is 4.54. The summed E-state index contributed by atoms with van der Waals surface area (Å²) in [7, 11) is -3.15. The van der Waals surface area contributed by atoms with Gasteiger partial charge in [0.25, 0.3) is 0 Å². The molecule has 0 aliphatic heterocycles. The minimum Gasteiger partial charge on any atom is -0.370 e. The zero-order valence-corrected chi connectivity index (χ0v) is 14.5. The van der Waals surface area contributed by atoms with Crippen molar-refractivity contribution in [3.63, 3.8) is 0 Å². The Morgan fingerprint density at radius 2 is 2.04 bits per heavy atom. The maximum atomic E-state index is 11.5. The van der Waals surface area contributed by atoms with E-state index in [1.165, 1.54) is 35.1 Å². The van der Waals surface area contributed by atoms with Gasteiger partial charge in [-0.15, -0.1) is 11.3 Å². The van der Waals surface area contributed by atoms with Crippen molar-refractivity contribution in [3.8, 4) is 0 Å². The first kappa shape index (κ1) is 16.0. The van der Waals surface area contributed by atoms with Crippen LogP contribution >= 0.6 is 11.3 Å². The van der Waals surface area contributed by atoms with Gasteiger partial charge in [0.1, 0.15) is 4.21 Å². The van der Waals surface area contributed by atoms with Crippen LogP contribution in [-0.2, 0) is 29.2 Å². The second kappa shape index (κ2) is 6.33. The molecule has 0 amide bonds. The van der Waals surface area contributed by atoms with E-state index in [4.69, 9.17) is 5.73 Å². The Kier molecular flexibility index (Phi) is 4.41. The average Bonchev–Trinajstić information content (AvgIpc) is 3.13. The van der Waals surface area contributed by atoms with Crippen molar-refractivity contribution in [2.45, 2.75) is 30.0 Å². The first-order valence-electron chi connectivity index (χ1n) is 7.39. The van der Waals surface area contributed by atoms with E-state index in [1.54, 1.807) is 12.1 Å². The van der Waals surface area contributed by atoms with Crippen molar-refractivity contribution >= 4 is 32.8 Å². The van der Waals surface area contributed by atoms with E-state index in [1.807, 2.05) is 6.07 Å². The molecule has 1 aliphatic rings. The van der Waals surface area contributed by atoms with Crippen LogP contribution in [0.15, 0.2) is 39.5 Å². The van der Waals surface area contributed by atoms with Crippen LogP contribution in [-0.4, -0.2) is 20.6 Å². The molecule has 3 N–H and O–H groups in total. The largest absolute Gasteiger partial charge is 0.370 e. The Morgan fingerprint density at radius 3 is 2.78 bits per heavy atom. The topological polar surface area (TPSA) is 84.5 Å². The highest BCUT2D eigenvalue weighted by atomic mass is 32.2. The summed E-state index contributed by atoms with van der Waals surface area (Å²) in [4.78, 5) is 5.14. The van der Waals surface area contributed by atoms with E-state index in [-0.39, 0.29) is 0 Å². The van der Waals surface area contributed by atoms with E-state index in [9.17, 15) is 8.42 Å². The van der Waals surface area contributed by atoms with Gasteiger partial charge in [0.2, 0.25) is 0 Å². The molecular formula is C16H19N3O2S2. The lowest BCUT2D eigenvalue weighted by molar-refractivity contribution is 0.604. The van der Waals surface area contributed by atoms with Crippen LogP contribution in [0.3, 0.4) is 0 Å². The summed E-state index contributed by atoms with van der Waals surface area (Å²) in [6, 6.07) is 9.65. The van der Waals surface area contributed by atoms with E-state index in [0.717, 1.165) is 23.4 Å². The molecule has 5 nitrogen and oxygen atoms in total. The van der Waals surface area contributed by atoms with Crippen molar-refractivity contribution in [2.24, 2.45) is 10.7 Å². The zero-order chi connectivity index (χ0) is 16.4.